The number of anilines is 1. The Morgan fingerprint density at radius 1 is 1.20 bits per heavy atom. The molecule has 0 radical (unpaired) electrons. The molecule has 0 aromatic carbocycles. The Morgan fingerprint density at radius 3 is 2.70 bits per heavy atom. The van der Waals surface area contributed by atoms with E-state index in [-0.39, 0.29) is 6.10 Å². The van der Waals surface area contributed by atoms with E-state index in [9.17, 15) is 4.39 Å². The van der Waals surface area contributed by atoms with Gasteiger partial charge in [0.05, 0.1) is 19.4 Å². The summed E-state index contributed by atoms with van der Waals surface area (Å²) < 4.78 is 24.9. The topological polar surface area (TPSA) is 47.5 Å². The monoisotopic (exact) mass is 281 g/mol. The van der Waals surface area contributed by atoms with Crippen LogP contribution in [0.4, 0.5) is 10.2 Å². The van der Waals surface area contributed by atoms with Crippen LogP contribution in [0.5, 0.6) is 6.01 Å². The molecular formula is C14H20FN3O2. The van der Waals surface area contributed by atoms with Crippen LogP contribution < -0.4 is 9.64 Å². The molecular weight excluding hydrogens is 261 g/mol. The molecule has 2 heterocycles. The van der Waals surface area contributed by atoms with Gasteiger partial charge in [0.25, 0.3) is 0 Å². The standard InChI is InChI=1S/C14H20FN3O2/c15-12-10-16-14(20-11-4-2-1-3-5-11)17-13(12)18-6-8-19-9-7-18/h10-11H,1-9H2. The van der Waals surface area contributed by atoms with E-state index in [0.717, 1.165) is 12.8 Å². The number of aromatic nitrogens is 2. The first-order valence-corrected chi connectivity index (χ1v) is 7.35. The Kier molecular flexibility index (Phi) is 4.30. The van der Waals surface area contributed by atoms with Gasteiger partial charge in [0, 0.05) is 13.1 Å². The average Bonchev–Trinajstić information content (AvgIpc) is 2.51. The number of morpholine rings is 1. The van der Waals surface area contributed by atoms with Crippen molar-refractivity contribution in [3.05, 3.63) is 12.0 Å². The molecule has 0 bridgehead atoms. The van der Waals surface area contributed by atoms with Gasteiger partial charge in [-0.05, 0) is 25.7 Å². The minimum atomic E-state index is -0.400. The van der Waals surface area contributed by atoms with Crippen LogP contribution in [0.3, 0.4) is 0 Å². The Labute approximate surface area is 118 Å². The van der Waals surface area contributed by atoms with Crippen LogP contribution in [-0.4, -0.2) is 42.4 Å². The molecule has 1 aliphatic heterocycles. The van der Waals surface area contributed by atoms with Gasteiger partial charge in [0.1, 0.15) is 6.10 Å². The van der Waals surface area contributed by atoms with Crippen molar-refractivity contribution in [2.45, 2.75) is 38.2 Å². The van der Waals surface area contributed by atoms with Crippen molar-refractivity contribution >= 4 is 5.82 Å². The molecule has 1 aromatic rings. The second-order valence-corrected chi connectivity index (χ2v) is 5.30. The van der Waals surface area contributed by atoms with Crippen LogP contribution in [0.1, 0.15) is 32.1 Å². The predicted molar refractivity (Wildman–Crippen MR) is 72.5 cm³/mol. The lowest BCUT2D eigenvalue weighted by Gasteiger charge is -2.28. The van der Waals surface area contributed by atoms with Gasteiger partial charge in [0.15, 0.2) is 11.6 Å². The van der Waals surface area contributed by atoms with Crippen LogP contribution in [0.15, 0.2) is 6.20 Å². The van der Waals surface area contributed by atoms with E-state index in [0.29, 0.717) is 38.1 Å². The fourth-order valence-electron chi connectivity index (χ4n) is 2.73. The van der Waals surface area contributed by atoms with E-state index in [1.165, 1.54) is 25.5 Å². The molecule has 6 heteroatoms. The van der Waals surface area contributed by atoms with Crippen LogP contribution in [0.25, 0.3) is 0 Å². The third-order valence-electron chi connectivity index (χ3n) is 3.84. The molecule has 0 unspecified atom stereocenters. The number of hydrogen-bond donors (Lipinski definition) is 0. The molecule has 1 saturated carbocycles. The predicted octanol–water partition coefficient (Wildman–Crippen LogP) is 2.16. The fraction of sp³-hybridized carbons (Fsp3) is 0.714. The van der Waals surface area contributed by atoms with Gasteiger partial charge in [-0.2, -0.15) is 4.98 Å². The van der Waals surface area contributed by atoms with Gasteiger partial charge >= 0.3 is 6.01 Å². The highest BCUT2D eigenvalue weighted by molar-refractivity contribution is 5.40. The fourth-order valence-corrected chi connectivity index (χ4v) is 2.73. The lowest BCUT2D eigenvalue weighted by molar-refractivity contribution is 0.121. The molecule has 1 aliphatic carbocycles. The lowest BCUT2D eigenvalue weighted by atomic mass is 9.98. The first-order valence-electron chi connectivity index (χ1n) is 7.35. The highest BCUT2D eigenvalue weighted by Gasteiger charge is 2.20. The molecule has 1 saturated heterocycles. The Hall–Kier alpha value is -1.43. The second kappa shape index (κ2) is 6.35. The van der Waals surface area contributed by atoms with Gasteiger partial charge in [-0.15, -0.1) is 0 Å². The highest BCUT2D eigenvalue weighted by atomic mass is 19.1. The van der Waals surface area contributed by atoms with E-state index in [2.05, 4.69) is 9.97 Å². The second-order valence-electron chi connectivity index (χ2n) is 5.30. The molecule has 2 fully saturated rings. The summed E-state index contributed by atoms with van der Waals surface area (Å²) in [4.78, 5) is 10.1. The summed E-state index contributed by atoms with van der Waals surface area (Å²) in [6, 6.07) is 0.291. The highest BCUT2D eigenvalue weighted by Crippen LogP contribution is 2.24. The molecule has 20 heavy (non-hydrogen) atoms. The maximum absolute atomic E-state index is 13.9. The summed E-state index contributed by atoms with van der Waals surface area (Å²) >= 11 is 0. The summed E-state index contributed by atoms with van der Waals surface area (Å²) in [5.74, 6) is -0.0722. The third-order valence-corrected chi connectivity index (χ3v) is 3.84. The van der Waals surface area contributed by atoms with Crippen molar-refractivity contribution in [1.82, 2.24) is 9.97 Å². The number of rotatable bonds is 3. The van der Waals surface area contributed by atoms with E-state index < -0.39 is 5.82 Å². The molecule has 5 nitrogen and oxygen atoms in total. The van der Waals surface area contributed by atoms with Gasteiger partial charge in [-0.3, -0.25) is 0 Å². The number of nitrogens with zero attached hydrogens (tertiary/aromatic N) is 3. The smallest absolute Gasteiger partial charge is 0.318 e. The Bertz CT molecular complexity index is 446. The van der Waals surface area contributed by atoms with E-state index in [4.69, 9.17) is 9.47 Å². The van der Waals surface area contributed by atoms with Gasteiger partial charge in [-0.1, -0.05) is 6.42 Å². The first-order chi connectivity index (χ1) is 9.83. The van der Waals surface area contributed by atoms with Crippen LogP contribution in [0, 0.1) is 5.82 Å². The van der Waals surface area contributed by atoms with Crippen molar-refractivity contribution < 1.29 is 13.9 Å². The average molecular weight is 281 g/mol. The number of ether oxygens (including phenoxy) is 2. The minimum Gasteiger partial charge on any atom is -0.460 e. The lowest BCUT2D eigenvalue weighted by Crippen LogP contribution is -2.37. The summed E-state index contributed by atoms with van der Waals surface area (Å²) in [5, 5.41) is 0. The summed E-state index contributed by atoms with van der Waals surface area (Å²) in [7, 11) is 0. The Balaban J connectivity index is 1.71. The Morgan fingerprint density at radius 2 is 1.95 bits per heavy atom. The van der Waals surface area contributed by atoms with Crippen molar-refractivity contribution in [3.8, 4) is 6.01 Å². The molecule has 2 aliphatic rings. The molecule has 0 spiro atoms. The van der Waals surface area contributed by atoms with Crippen LogP contribution >= 0.6 is 0 Å². The number of hydrogen-bond acceptors (Lipinski definition) is 5. The minimum absolute atomic E-state index is 0.173. The van der Waals surface area contributed by atoms with Gasteiger partial charge < -0.3 is 14.4 Å². The van der Waals surface area contributed by atoms with Crippen molar-refractivity contribution in [1.29, 1.82) is 0 Å². The normalized spacial score (nSPS) is 20.9. The molecule has 3 rings (SSSR count). The molecule has 1 aromatic heterocycles. The molecule has 110 valence electrons. The summed E-state index contributed by atoms with van der Waals surface area (Å²) in [5.41, 5.74) is 0. The maximum Gasteiger partial charge on any atom is 0.318 e. The molecule has 0 amide bonds. The molecule has 0 atom stereocenters. The van der Waals surface area contributed by atoms with Crippen molar-refractivity contribution in [2.75, 3.05) is 31.2 Å². The summed E-state index contributed by atoms with van der Waals surface area (Å²) in [6.07, 6.45) is 7.08. The zero-order valence-electron chi connectivity index (χ0n) is 11.6. The first kappa shape index (κ1) is 13.5. The van der Waals surface area contributed by atoms with E-state index in [1.807, 2.05) is 4.90 Å². The van der Waals surface area contributed by atoms with Crippen LogP contribution in [0.2, 0.25) is 0 Å². The zero-order valence-corrected chi connectivity index (χ0v) is 11.6. The van der Waals surface area contributed by atoms with Crippen molar-refractivity contribution in [3.63, 3.8) is 0 Å². The van der Waals surface area contributed by atoms with E-state index in [1.54, 1.807) is 0 Å². The van der Waals surface area contributed by atoms with Gasteiger partial charge in [-0.25, -0.2) is 9.37 Å². The molecule has 0 N–H and O–H groups in total. The largest absolute Gasteiger partial charge is 0.460 e. The summed E-state index contributed by atoms with van der Waals surface area (Å²) in [6.45, 7) is 2.50. The maximum atomic E-state index is 13.9. The quantitative estimate of drug-likeness (QED) is 0.849. The van der Waals surface area contributed by atoms with Gasteiger partial charge in [0.2, 0.25) is 0 Å². The number of halogens is 1. The van der Waals surface area contributed by atoms with Crippen LogP contribution in [-0.2, 0) is 4.74 Å². The SMILES string of the molecule is Fc1cnc(OC2CCCCC2)nc1N1CCOCC1. The third kappa shape index (κ3) is 3.17. The zero-order chi connectivity index (χ0) is 13.8. The van der Waals surface area contributed by atoms with Crippen molar-refractivity contribution in [2.24, 2.45) is 0 Å². The van der Waals surface area contributed by atoms with E-state index >= 15 is 0 Å².